The second-order valence-electron chi connectivity index (χ2n) is 8.71. The lowest BCUT2D eigenvalue weighted by molar-refractivity contribution is -0.135. The number of aliphatic hydroxyl groups excluding tert-OH is 1. The van der Waals surface area contributed by atoms with Gasteiger partial charge in [0.25, 0.3) is 0 Å². The number of nitrogens with zero attached hydrogens (tertiary/aromatic N) is 4. The molecule has 14 heteroatoms. The van der Waals surface area contributed by atoms with Gasteiger partial charge in [-0.3, -0.25) is 10.1 Å². The first-order chi connectivity index (χ1) is 19.3. The SMILES string of the molecule is CCOC(=O)c1sc(Nc2nc3c(c(NCc4cc(OC)c(OC)c(OC)c4)n2)CN(C(=O)CO)CC3)nc1C. The highest BCUT2D eigenvalue weighted by molar-refractivity contribution is 7.17. The van der Waals surface area contributed by atoms with Crippen molar-refractivity contribution in [2.75, 3.05) is 51.7 Å². The first kappa shape index (κ1) is 28.8. The van der Waals surface area contributed by atoms with Gasteiger partial charge in [0.2, 0.25) is 17.6 Å². The number of carbonyl (C=O) groups excluding carboxylic acids is 2. The number of nitrogens with one attached hydrogen (secondary N) is 2. The fraction of sp³-hybridized carbons (Fsp3) is 0.423. The van der Waals surface area contributed by atoms with Crippen molar-refractivity contribution < 1.29 is 33.6 Å². The zero-order chi connectivity index (χ0) is 28.8. The predicted octanol–water partition coefficient (Wildman–Crippen LogP) is 2.68. The summed E-state index contributed by atoms with van der Waals surface area (Å²) in [6.45, 7) is 4.18. The van der Waals surface area contributed by atoms with Crippen LogP contribution >= 0.6 is 11.3 Å². The lowest BCUT2D eigenvalue weighted by Gasteiger charge is -2.29. The van der Waals surface area contributed by atoms with Crippen molar-refractivity contribution in [2.45, 2.75) is 33.4 Å². The Balaban J connectivity index is 1.66. The third-order valence-corrected chi connectivity index (χ3v) is 7.26. The smallest absolute Gasteiger partial charge is 0.350 e. The van der Waals surface area contributed by atoms with Gasteiger partial charge in [-0.05, 0) is 31.5 Å². The van der Waals surface area contributed by atoms with E-state index in [2.05, 4.69) is 25.6 Å². The first-order valence-corrected chi connectivity index (χ1v) is 13.4. The number of aliphatic hydroxyl groups is 1. The number of aryl methyl sites for hydroxylation is 1. The van der Waals surface area contributed by atoms with Gasteiger partial charge in [-0.1, -0.05) is 11.3 Å². The second kappa shape index (κ2) is 12.8. The minimum atomic E-state index is -0.573. The Kier molecular flexibility index (Phi) is 9.22. The monoisotopic (exact) mass is 572 g/mol. The third-order valence-electron chi connectivity index (χ3n) is 6.21. The van der Waals surface area contributed by atoms with Crippen molar-refractivity contribution in [3.8, 4) is 17.2 Å². The molecule has 0 atom stereocenters. The Morgan fingerprint density at radius 2 is 1.82 bits per heavy atom. The molecular formula is C26H32N6O7S. The number of hydrogen-bond acceptors (Lipinski definition) is 13. The number of methoxy groups -OCH3 is 3. The molecule has 1 aliphatic heterocycles. The molecule has 0 aliphatic carbocycles. The molecule has 3 heterocycles. The molecule has 0 unspecified atom stereocenters. The number of ether oxygens (including phenoxy) is 4. The molecule has 0 bridgehead atoms. The van der Waals surface area contributed by atoms with Gasteiger partial charge in [-0.2, -0.15) is 4.98 Å². The molecule has 214 valence electrons. The van der Waals surface area contributed by atoms with Crippen molar-refractivity contribution in [3.63, 3.8) is 0 Å². The van der Waals surface area contributed by atoms with Crippen LogP contribution in [0, 0.1) is 6.92 Å². The molecule has 3 aromatic rings. The van der Waals surface area contributed by atoms with Gasteiger partial charge in [0, 0.05) is 25.1 Å². The van der Waals surface area contributed by atoms with E-state index in [1.54, 1.807) is 40.1 Å². The van der Waals surface area contributed by atoms with Crippen LogP contribution in [0.2, 0.25) is 0 Å². The first-order valence-electron chi connectivity index (χ1n) is 12.5. The highest BCUT2D eigenvalue weighted by Crippen LogP contribution is 2.38. The summed E-state index contributed by atoms with van der Waals surface area (Å²) in [5.74, 6) is 1.52. The van der Waals surface area contributed by atoms with Crippen LogP contribution in [0.5, 0.6) is 17.2 Å². The van der Waals surface area contributed by atoms with E-state index >= 15 is 0 Å². The molecule has 0 radical (unpaired) electrons. The minimum absolute atomic E-state index is 0.246. The van der Waals surface area contributed by atoms with Gasteiger partial charge in [0.15, 0.2) is 16.6 Å². The van der Waals surface area contributed by atoms with Gasteiger partial charge in [-0.15, -0.1) is 0 Å². The number of thiazole rings is 1. The lowest BCUT2D eigenvalue weighted by atomic mass is 10.1. The van der Waals surface area contributed by atoms with Crippen LogP contribution in [0.3, 0.4) is 0 Å². The van der Waals surface area contributed by atoms with Crippen LogP contribution in [0.4, 0.5) is 16.9 Å². The molecule has 0 spiro atoms. The van der Waals surface area contributed by atoms with Crippen molar-refractivity contribution in [1.82, 2.24) is 19.9 Å². The highest BCUT2D eigenvalue weighted by atomic mass is 32.1. The Morgan fingerprint density at radius 3 is 2.45 bits per heavy atom. The predicted molar refractivity (Wildman–Crippen MR) is 148 cm³/mol. The van der Waals surface area contributed by atoms with Crippen molar-refractivity contribution >= 4 is 40.1 Å². The Hall–Kier alpha value is -4.17. The van der Waals surface area contributed by atoms with Crippen molar-refractivity contribution in [1.29, 1.82) is 0 Å². The molecule has 0 saturated carbocycles. The van der Waals surface area contributed by atoms with E-state index in [-0.39, 0.29) is 25.0 Å². The zero-order valence-corrected chi connectivity index (χ0v) is 23.8. The Morgan fingerprint density at radius 1 is 1.10 bits per heavy atom. The summed E-state index contributed by atoms with van der Waals surface area (Å²) in [6.07, 6.45) is 0.474. The number of anilines is 3. The maximum Gasteiger partial charge on any atom is 0.350 e. The molecule has 1 amide bonds. The van der Waals surface area contributed by atoms with Crippen LogP contribution in [-0.2, 0) is 29.0 Å². The van der Waals surface area contributed by atoms with E-state index in [1.165, 1.54) is 0 Å². The Bertz CT molecular complexity index is 1370. The lowest BCUT2D eigenvalue weighted by Crippen LogP contribution is -2.38. The van der Waals surface area contributed by atoms with Crippen molar-refractivity contribution in [3.05, 3.63) is 39.5 Å². The molecule has 4 rings (SSSR count). The van der Waals surface area contributed by atoms with Gasteiger partial charge in [0.1, 0.15) is 17.3 Å². The molecule has 3 N–H and O–H groups in total. The van der Waals surface area contributed by atoms with E-state index in [9.17, 15) is 14.7 Å². The number of carbonyl (C=O) groups is 2. The molecular weight excluding hydrogens is 540 g/mol. The largest absolute Gasteiger partial charge is 0.493 e. The van der Waals surface area contributed by atoms with E-state index in [4.69, 9.17) is 18.9 Å². The average Bonchev–Trinajstić information content (AvgIpc) is 3.34. The second-order valence-corrected chi connectivity index (χ2v) is 9.71. The van der Waals surface area contributed by atoms with E-state index in [0.717, 1.165) is 28.2 Å². The third kappa shape index (κ3) is 6.18. The standard InChI is InChI=1S/C26H32N6O7S/c1-6-39-24(35)22-14(2)28-26(40-22)31-25-29-17-7-8-32(20(34)13-33)12-16(17)23(30-25)27-11-15-9-18(36-3)21(38-5)19(10-15)37-4/h9-10,33H,6-8,11-13H2,1-5H3,(H2,27,28,29,30,31). The average molecular weight is 573 g/mol. The summed E-state index contributed by atoms with van der Waals surface area (Å²) in [5, 5.41) is 16.3. The Labute approximate surface area is 235 Å². The normalized spacial score (nSPS) is 12.4. The maximum atomic E-state index is 12.2. The quantitative estimate of drug-likeness (QED) is 0.289. The summed E-state index contributed by atoms with van der Waals surface area (Å²) in [7, 11) is 4.64. The number of esters is 1. The molecule has 2 aromatic heterocycles. The van der Waals surface area contributed by atoms with E-state index in [1.807, 2.05) is 12.1 Å². The summed E-state index contributed by atoms with van der Waals surface area (Å²) in [5.41, 5.74) is 2.88. The number of rotatable bonds is 11. The fourth-order valence-electron chi connectivity index (χ4n) is 4.28. The summed E-state index contributed by atoms with van der Waals surface area (Å²) in [4.78, 5) is 40.2. The van der Waals surface area contributed by atoms with Crippen LogP contribution in [0.1, 0.15) is 39.1 Å². The summed E-state index contributed by atoms with van der Waals surface area (Å²) >= 11 is 1.16. The number of benzene rings is 1. The molecule has 13 nitrogen and oxygen atoms in total. The van der Waals surface area contributed by atoms with Crippen LogP contribution in [0.25, 0.3) is 0 Å². The van der Waals surface area contributed by atoms with Crippen LogP contribution in [0.15, 0.2) is 12.1 Å². The van der Waals surface area contributed by atoms with Gasteiger partial charge >= 0.3 is 5.97 Å². The van der Waals surface area contributed by atoms with Crippen LogP contribution < -0.4 is 24.8 Å². The summed E-state index contributed by atoms with van der Waals surface area (Å²) < 4.78 is 21.5. The maximum absolute atomic E-state index is 12.2. The number of hydrogen-bond donors (Lipinski definition) is 3. The van der Waals surface area contributed by atoms with Gasteiger partial charge in [-0.25, -0.2) is 14.8 Å². The van der Waals surface area contributed by atoms with Gasteiger partial charge < -0.3 is 34.3 Å². The zero-order valence-electron chi connectivity index (χ0n) is 23.0. The van der Waals surface area contributed by atoms with E-state index < -0.39 is 12.6 Å². The molecule has 1 aromatic carbocycles. The van der Waals surface area contributed by atoms with Gasteiger partial charge in [0.05, 0.1) is 45.9 Å². The molecule has 0 saturated heterocycles. The highest BCUT2D eigenvalue weighted by Gasteiger charge is 2.26. The minimum Gasteiger partial charge on any atom is -0.493 e. The summed E-state index contributed by atoms with van der Waals surface area (Å²) in [6, 6.07) is 3.66. The number of fused-ring (bicyclic) bond motifs is 1. The number of amides is 1. The number of aromatic nitrogens is 3. The molecule has 40 heavy (non-hydrogen) atoms. The van der Waals surface area contributed by atoms with Crippen LogP contribution in [-0.4, -0.2) is 77.9 Å². The molecule has 0 fully saturated rings. The van der Waals surface area contributed by atoms with Crippen molar-refractivity contribution in [2.24, 2.45) is 0 Å². The topological polar surface area (TPSA) is 157 Å². The molecule has 1 aliphatic rings. The fourth-order valence-corrected chi connectivity index (χ4v) is 5.14. The van der Waals surface area contributed by atoms with E-state index in [0.29, 0.717) is 58.3 Å².